The van der Waals surface area contributed by atoms with Gasteiger partial charge in [-0.2, -0.15) is 0 Å². The van der Waals surface area contributed by atoms with Crippen molar-refractivity contribution in [3.05, 3.63) is 64.1 Å². The van der Waals surface area contributed by atoms with Crippen molar-refractivity contribution in [1.29, 1.82) is 0 Å². The van der Waals surface area contributed by atoms with Gasteiger partial charge in [0.2, 0.25) is 0 Å². The zero-order chi connectivity index (χ0) is 20.0. The Labute approximate surface area is 191 Å². The van der Waals surface area contributed by atoms with Gasteiger partial charge in [-0.1, -0.05) is 23.7 Å². The van der Waals surface area contributed by atoms with Crippen LogP contribution in [0, 0.1) is 0 Å². The van der Waals surface area contributed by atoms with Crippen LogP contribution in [0.5, 0.6) is 0 Å². The standard InChI is InChI=1S/C22H21ClN4OS.ClH/c1-24-17-8-9-26(13-17)20-7-6-18(11-25-20)27-12-15-10-19(29-21(15)22(27)28)14-2-4-16(23)5-3-14;/h2-7,10-11,17,24H,8-9,12-13H2,1H3;1H/t17-;/m1./s1. The van der Waals surface area contributed by atoms with Gasteiger partial charge < -0.3 is 15.1 Å². The number of amides is 1. The average Bonchev–Trinajstić information content (AvgIpc) is 3.45. The van der Waals surface area contributed by atoms with Crippen molar-refractivity contribution < 1.29 is 4.79 Å². The maximum atomic E-state index is 13.0. The van der Waals surface area contributed by atoms with Crippen LogP contribution >= 0.6 is 35.3 Å². The second-order valence-corrected chi connectivity index (χ2v) is 8.95. The van der Waals surface area contributed by atoms with Gasteiger partial charge in [0, 0.05) is 29.0 Å². The third-order valence-electron chi connectivity index (χ3n) is 5.67. The van der Waals surface area contributed by atoms with Crippen LogP contribution in [0.1, 0.15) is 21.7 Å². The number of nitrogens with zero attached hydrogens (tertiary/aromatic N) is 3. The Hall–Kier alpha value is -2.12. The second kappa shape index (κ2) is 8.55. The number of halogens is 2. The SMILES string of the molecule is CN[C@@H]1CCN(c2ccc(N3Cc4cc(-c5ccc(Cl)cc5)sc4C3=O)cn2)C1.Cl. The molecule has 0 saturated carbocycles. The molecule has 1 amide bonds. The number of hydrogen-bond acceptors (Lipinski definition) is 5. The van der Waals surface area contributed by atoms with E-state index in [9.17, 15) is 4.79 Å². The van der Waals surface area contributed by atoms with E-state index < -0.39 is 0 Å². The summed E-state index contributed by atoms with van der Waals surface area (Å²) in [5.41, 5.74) is 3.01. The Morgan fingerprint density at radius 1 is 1.20 bits per heavy atom. The van der Waals surface area contributed by atoms with Crippen molar-refractivity contribution >= 4 is 52.8 Å². The first-order valence-corrected chi connectivity index (χ1v) is 10.9. The molecule has 2 aromatic heterocycles. The van der Waals surface area contributed by atoms with Crippen LogP contribution < -0.4 is 15.1 Å². The predicted octanol–water partition coefficient (Wildman–Crippen LogP) is 4.84. The van der Waals surface area contributed by atoms with E-state index in [1.165, 1.54) is 0 Å². The fourth-order valence-corrected chi connectivity index (χ4v) is 5.24. The Bertz CT molecular complexity index is 1050. The maximum absolute atomic E-state index is 13.0. The van der Waals surface area contributed by atoms with Crippen LogP contribution in [-0.2, 0) is 6.54 Å². The Morgan fingerprint density at radius 2 is 2.00 bits per heavy atom. The van der Waals surface area contributed by atoms with Gasteiger partial charge in [-0.25, -0.2) is 4.98 Å². The van der Waals surface area contributed by atoms with Gasteiger partial charge in [0.05, 0.1) is 23.3 Å². The van der Waals surface area contributed by atoms with Gasteiger partial charge in [-0.3, -0.25) is 4.79 Å². The molecule has 0 bridgehead atoms. The molecule has 1 N–H and O–H groups in total. The summed E-state index contributed by atoms with van der Waals surface area (Å²) in [7, 11) is 2.00. The fraction of sp³-hybridized carbons (Fsp3) is 0.273. The molecule has 1 atom stereocenters. The molecule has 0 radical (unpaired) electrons. The summed E-state index contributed by atoms with van der Waals surface area (Å²) in [6.45, 7) is 2.56. The Morgan fingerprint density at radius 3 is 2.63 bits per heavy atom. The number of anilines is 2. The maximum Gasteiger partial charge on any atom is 0.269 e. The monoisotopic (exact) mass is 460 g/mol. The summed E-state index contributed by atoms with van der Waals surface area (Å²) >= 11 is 7.53. The number of carbonyl (C=O) groups excluding carboxylic acids is 1. The second-order valence-electron chi connectivity index (χ2n) is 7.46. The molecule has 5 nitrogen and oxygen atoms in total. The first-order chi connectivity index (χ1) is 14.1. The van der Waals surface area contributed by atoms with Gasteiger partial charge in [-0.15, -0.1) is 23.7 Å². The molecule has 30 heavy (non-hydrogen) atoms. The topological polar surface area (TPSA) is 48.5 Å². The van der Waals surface area contributed by atoms with Crippen LogP contribution in [-0.4, -0.2) is 37.1 Å². The number of likely N-dealkylation sites (N-methyl/N-ethyl adjacent to an activating group) is 1. The summed E-state index contributed by atoms with van der Waals surface area (Å²) in [5, 5.41) is 4.04. The Balaban J connectivity index is 0.00000218. The van der Waals surface area contributed by atoms with Gasteiger partial charge >= 0.3 is 0 Å². The Kier molecular flexibility index (Phi) is 6.02. The third-order valence-corrected chi connectivity index (χ3v) is 7.14. The number of benzene rings is 1. The lowest BCUT2D eigenvalue weighted by molar-refractivity contribution is 0.1000. The van der Waals surface area contributed by atoms with Gasteiger partial charge in [-0.05, 0) is 54.9 Å². The molecule has 156 valence electrons. The third kappa shape index (κ3) is 3.81. The minimum atomic E-state index is 0. The van der Waals surface area contributed by atoms with Crippen molar-refractivity contribution in [3.63, 3.8) is 0 Å². The summed E-state index contributed by atoms with van der Waals surface area (Å²) < 4.78 is 0. The molecule has 2 aliphatic rings. The highest BCUT2D eigenvalue weighted by molar-refractivity contribution is 7.17. The van der Waals surface area contributed by atoms with E-state index in [0.29, 0.717) is 17.6 Å². The molecule has 4 heterocycles. The first kappa shape index (κ1) is 21.1. The number of pyridine rings is 1. The number of rotatable bonds is 4. The minimum Gasteiger partial charge on any atom is -0.355 e. The normalized spacial score (nSPS) is 17.9. The van der Waals surface area contributed by atoms with E-state index in [2.05, 4.69) is 21.3 Å². The van der Waals surface area contributed by atoms with E-state index in [-0.39, 0.29) is 18.3 Å². The van der Waals surface area contributed by atoms with Crippen LogP contribution in [0.4, 0.5) is 11.5 Å². The molecule has 1 aromatic carbocycles. The van der Waals surface area contributed by atoms with Crippen molar-refractivity contribution in [2.75, 3.05) is 29.9 Å². The van der Waals surface area contributed by atoms with E-state index >= 15 is 0 Å². The van der Waals surface area contributed by atoms with E-state index in [0.717, 1.165) is 51.9 Å². The summed E-state index contributed by atoms with van der Waals surface area (Å²) in [4.78, 5) is 23.6. The van der Waals surface area contributed by atoms with E-state index in [4.69, 9.17) is 11.6 Å². The molecule has 2 aliphatic heterocycles. The van der Waals surface area contributed by atoms with E-state index in [1.807, 2.05) is 54.5 Å². The summed E-state index contributed by atoms with van der Waals surface area (Å²) in [6.07, 6.45) is 2.94. The highest BCUT2D eigenvalue weighted by atomic mass is 35.5. The lowest BCUT2D eigenvalue weighted by Gasteiger charge is -2.20. The largest absolute Gasteiger partial charge is 0.355 e. The van der Waals surface area contributed by atoms with Crippen LogP contribution in [0.15, 0.2) is 48.7 Å². The number of hydrogen-bond donors (Lipinski definition) is 1. The van der Waals surface area contributed by atoms with Crippen LogP contribution in [0.2, 0.25) is 5.02 Å². The lowest BCUT2D eigenvalue weighted by atomic mass is 10.1. The number of nitrogens with one attached hydrogen (secondary N) is 1. The molecule has 0 aliphatic carbocycles. The molecular weight excluding hydrogens is 439 g/mol. The number of carbonyl (C=O) groups is 1. The zero-order valence-corrected chi connectivity index (χ0v) is 18.9. The van der Waals surface area contributed by atoms with Gasteiger partial charge in [0.1, 0.15) is 5.82 Å². The molecule has 0 unspecified atom stereocenters. The smallest absolute Gasteiger partial charge is 0.269 e. The average molecular weight is 461 g/mol. The van der Waals surface area contributed by atoms with Crippen molar-refractivity contribution in [1.82, 2.24) is 10.3 Å². The highest BCUT2D eigenvalue weighted by Crippen LogP contribution is 2.38. The van der Waals surface area contributed by atoms with Crippen LogP contribution in [0.3, 0.4) is 0 Å². The fourth-order valence-electron chi connectivity index (χ4n) is 3.99. The molecule has 8 heteroatoms. The molecular formula is C22H22Cl2N4OS. The van der Waals surface area contributed by atoms with Crippen molar-refractivity contribution in [2.24, 2.45) is 0 Å². The van der Waals surface area contributed by atoms with Crippen LogP contribution in [0.25, 0.3) is 10.4 Å². The summed E-state index contributed by atoms with van der Waals surface area (Å²) in [6, 6.07) is 14.4. The first-order valence-electron chi connectivity index (χ1n) is 9.71. The van der Waals surface area contributed by atoms with Crippen molar-refractivity contribution in [2.45, 2.75) is 19.0 Å². The summed E-state index contributed by atoms with van der Waals surface area (Å²) in [5.74, 6) is 1.02. The highest BCUT2D eigenvalue weighted by Gasteiger charge is 2.32. The molecule has 0 spiro atoms. The minimum absolute atomic E-state index is 0. The molecule has 5 rings (SSSR count). The quantitative estimate of drug-likeness (QED) is 0.604. The number of fused-ring (bicyclic) bond motifs is 1. The van der Waals surface area contributed by atoms with Gasteiger partial charge in [0.25, 0.3) is 5.91 Å². The predicted molar refractivity (Wildman–Crippen MR) is 126 cm³/mol. The molecule has 1 fully saturated rings. The van der Waals surface area contributed by atoms with E-state index in [1.54, 1.807) is 11.3 Å². The lowest BCUT2D eigenvalue weighted by Crippen LogP contribution is -2.30. The molecule has 1 saturated heterocycles. The van der Waals surface area contributed by atoms with Gasteiger partial charge in [0.15, 0.2) is 0 Å². The number of aromatic nitrogens is 1. The zero-order valence-electron chi connectivity index (χ0n) is 16.5. The molecule has 3 aromatic rings. The van der Waals surface area contributed by atoms with Crippen molar-refractivity contribution in [3.8, 4) is 10.4 Å². The number of thiophene rings is 1.